The van der Waals surface area contributed by atoms with Crippen LogP contribution in [0.5, 0.6) is 0 Å². The van der Waals surface area contributed by atoms with Crippen LogP contribution in [-0.4, -0.2) is 46.4 Å². The second-order valence-electron chi connectivity index (χ2n) is 8.84. The van der Waals surface area contributed by atoms with Gasteiger partial charge in [-0.1, -0.05) is 6.92 Å². The Hall–Kier alpha value is -4.58. The average molecular weight is 581 g/mol. The first-order chi connectivity index (χ1) is 19.2. The molecule has 0 radical (unpaired) electrons. The predicted octanol–water partition coefficient (Wildman–Crippen LogP) is 5.24. The molecule has 1 aliphatic carbocycles. The summed E-state index contributed by atoms with van der Waals surface area (Å²) in [7, 11) is 1.36. The molecule has 0 fully saturated rings. The van der Waals surface area contributed by atoms with Crippen LogP contribution in [0.3, 0.4) is 0 Å². The first-order valence-electron chi connectivity index (χ1n) is 11.8. The van der Waals surface area contributed by atoms with Crippen LogP contribution in [0.25, 0.3) is 22.1 Å². The number of allylic oxidation sites excluding steroid dienone is 2. The van der Waals surface area contributed by atoms with E-state index in [1.165, 1.54) is 34.8 Å². The Bertz CT molecular complexity index is 1700. The highest BCUT2D eigenvalue weighted by Gasteiger charge is 2.42. The number of thiazole rings is 2. The number of aromatic nitrogens is 2. The van der Waals surface area contributed by atoms with Crippen molar-refractivity contribution in [1.82, 2.24) is 25.3 Å². The van der Waals surface area contributed by atoms with E-state index in [2.05, 4.69) is 21.4 Å². The number of hydrogen-bond acceptors (Lipinski definition) is 11. The Morgan fingerprint density at radius 1 is 1.25 bits per heavy atom. The summed E-state index contributed by atoms with van der Waals surface area (Å²) in [5.74, 6) is 0.0372. The number of nitrogens with one attached hydrogen (secondary N) is 1. The van der Waals surface area contributed by atoms with Gasteiger partial charge in [0.1, 0.15) is 35.6 Å². The highest BCUT2D eigenvalue weighted by molar-refractivity contribution is 7.18. The standard InChI is InChI=1S/C26H19F3N8OS2/c1-14-20(6-19-24(14)39-13-34-19)36-11-17(9-32)25(37(36)12-26(27,28)29)33-10-22-35-18-5-15(3-4-21(18)40-22)23(38-2)16(7-30)8-31/h3-6,13-14,33H,10-12H2,1-2H3/t14-/m1/s1. The molecule has 0 amide bonds. The van der Waals surface area contributed by atoms with E-state index in [1.54, 1.807) is 41.9 Å². The van der Waals surface area contributed by atoms with Crippen LogP contribution < -0.4 is 5.32 Å². The van der Waals surface area contributed by atoms with E-state index in [1.807, 2.05) is 6.92 Å². The van der Waals surface area contributed by atoms with Gasteiger partial charge in [0.05, 0.1) is 47.2 Å². The number of halogens is 3. The van der Waals surface area contributed by atoms with Crippen molar-refractivity contribution >= 4 is 44.7 Å². The van der Waals surface area contributed by atoms with Gasteiger partial charge < -0.3 is 10.1 Å². The summed E-state index contributed by atoms with van der Waals surface area (Å²) >= 11 is 2.78. The number of alkyl halides is 3. The van der Waals surface area contributed by atoms with Crippen molar-refractivity contribution in [3.63, 3.8) is 0 Å². The third-order valence-corrected chi connectivity index (χ3v) is 8.47. The average Bonchev–Trinajstić information content (AvgIpc) is 3.68. The van der Waals surface area contributed by atoms with Crippen LogP contribution >= 0.6 is 22.7 Å². The van der Waals surface area contributed by atoms with E-state index >= 15 is 0 Å². The summed E-state index contributed by atoms with van der Waals surface area (Å²) in [5, 5.41) is 34.4. The molecule has 9 nitrogen and oxygen atoms in total. The van der Waals surface area contributed by atoms with Crippen LogP contribution in [-0.2, 0) is 11.3 Å². The number of methoxy groups -OCH3 is 1. The minimum absolute atomic E-state index is 0.00448. The van der Waals surface area contributed by atoms with Crippen LogP contribution in [0.15, 0.2) is 46.4 Å². The minimum Gasteiger partial charge on any atom is -0.494 e. The van der Waals surface area contributed by atoms with E-state index in [0.717, 1.165) is 20.3 Å². The largest absolute Gasteiger partial charge is 0.494 e. The fourth-order valence-electron chi connectivity index (χ4n) is 4.67. The number of nitrogens with zero attached hydrogens (tertiary/aromatic N) is 7. The van der Waals surface area contributed by atoms with Crippen molar-refractivity contribution in [3.8, 4) is 18.2 Å². The summed E-state index contributed by atoms with van der Waals surface area (Å²) in [6.07, 6.45) is -2.75. The van der Waals surface area contributed by atoms with Gasteiger partial charge in [0, 0.05) is 22.1 Å². The number of nitriles is 3. The Kier molecular flexibility index (Phi) is 7.11. The molecule has 1 aliphatic heterocycles. The molecule has 40 heavy (non-hydrogen) atoms. The molecule has 2 aromatic heterocycles. The highest BCUT2D eigenvalue weighted by Crippen LogP contribution is 2.43. The van der Waals surface area contributed by atoms with Crippen molar-refractivity contribution < 1.29 is 17.9 Å². The van der Waals surface area contributed by atoms with Gasteiger partial charge in [0.2, 0.25) is 0 Å². The first-order valence-corrected chi connectivity index (χ1v) is 13.5. The van der Waals surface area contributed by atoms with Gasteiger partial charge in [0.15, 0.2) is 11.3 Å². The third-order valence-electron chi connectivity index (χ3n) is 6.41. The Balaban J connectivity index is 1.42. The van der Waals surface area contributed by atoms with Gasteiger partial charge in [0.25, 0.3) is 0 Å². The lowest BCUT2D eigenvalue weighted by Gasteiger charge is -2.36. The Morgan fingerprint density at radius 2 is 2.02 bits per heavy atom. The topological polar surface area (TPSA) is 125 Å². The highest BCUT2D eigenvalue weighted by atomic mass is 32.1. The van der Waals surface area contributed by atoms with Gasteiger partial charge in [-0.05, 0) is 24.3 Å². The normalized spacial score (nSPS) is 16.4. The zero-order chi connectivity index (χ0) is 28.6. The number of hydrazine groups is 1. The molecule has 5 rings (SSSR count). The van der Waals surface area contributed by atoms with Gasteiger partial charge in [-0.2, -0.15) is 29.0 Å². The molecular weight excluding hydrogens is 561 g/mol. The lowest BCUT2D eigenvalue weighted by Crippen LogP contribution is -2.45. The van der Waals surface area contributed by atoms with Crippen molar-refractivity contribution in [2.24, 2.45) is 0 Å². The maximum atomic E-state index is 13.7. The van der Waals surface area contributed by atoms with Crippen LogP contribution in [0.2, 0.25) is 0 Å². The van der Waals surface area contributed by atoms with Crippen molar-refractivity contribution in [2.45, 2.75) is 25.6 Å². The monoisotopic (exact) mass is 580 g/mol. The molecule has 3 aromatic rings. The molecule has 3 heterocycles. The van der Waals surface area contributed by atoms with Gasteiger partial charge >= 0.3 is 6.18 Å². The maximum Gasteiger partial charge on any atom is 0.408 e. The first kappa shape index (κ1) is 27.0. The van der Waals surface area contributed by atoms with Gasteiger partial charge in [-0.3, -0.25) is 10.0 Å². The SMILES string of the molecule is COC(=C(C#N)C#N)c1ccc2sc(CNC3=C(C#N)CN(C4=Cc5ncsc5[C@@H]4C)N3CC(F)(F)F)nc2c1. The molecule has 0 spiro atoms. The smallest absolute Gasteiger partial charge is 0.408 e. The fraction of sp³-hybridized carbons (Fsp3) is 0.269. The molecule has 0 saturated heterocycles. The van der Waals surface area contributed by atoms with Crippen molar-refractivity contribution in [1.29, 1.82) is 15.8 Å². The number of ether oxygens (including phenoxy) is 1. The Morgan fingerprint density at radius 3 is 2.67 bits per heavy atom. The summed E-state index contributed by atoms with van der Waals surface area (Å²) in [5.41, 5.74) is 4.15. The van der Waals surface area contributed by atoms with Gasteiger partial charge in [-0.25, -0.2) is 9.97 Å². The van der Waals surface area contributed by atoms with Crippen LogP contribution in [0, 0.1) is 34.0 Å². The molecule has 0 saturated carbocycles. The zero-order valence-electron chi connectivity index (χ0n) is 21.1. The second-order valence-corrected chi connectivity index (χ2v) is 10.8. The lowest BCUT2D eigenvalue weighted by molar-refractivity contribution is -0.163. The summed E-state index contributed by atoms with van der Waals surface area (Å²) < 4.78 is 47.2. The second kappa shape index (κ2) is 10.5. The maximum absolute atomic E-state index is 13.7. The molecule has 1 atom stereocenters. The minimum atomic E-state index is -4.52. The molecule has 14 heteroatoms. The number of hydrogen-bond donors (Lipinski definition) is 1. The number of benzene rings is 1. The molecule has 0 unspecified atom stereocenters. The van der Waals surface area contributed by atoms with E-state index in [0.29, 0.717) is 21.8 Å². The van der Waals surface area contributed by atoms with Crippen LogP contribution in [0.4, 0.5) is 13.2 Å². The fourth-order valence-corrected chi connectivity index (χ4v) is 6.40. The van der Waals surface area contributed by atoms with Crippen molar-refractivity contribution in [3.05, 3.63) is 67.5 Å². The van der Waals surface area contributed by atoms with Crippen LogP contribution in [0.1, 0.15) is 34.0 Å². The molecule has 2 aliphatic rings. The van der Waals surface area contributed by atoms with Crippen molar-refractivity contribution in [2.75, 3.05) is 20.2 Å². The van der Waals surface area contributed by atoms with E-state index in [9.17, 15) is 29.0 Å². The molecule has 1 aromatic carbocycles. The number of rotatable bonds is 7. The molecule has 1 N–H and O–H groups in total. The molecule has 0 bridgehead atoms. The number of fused-ring (bicyclic) bond motifs is 2. The van der Waals surface area contributed by atoms with Gasteiger partial charge in [-0.15, -0.1) is 22.7 Å². The zero-order valence-corrected chi connectivity index (χ0v) is 22.7. The summed E-state index contributed by atoms with van der Waals surface area (Å²) in [4.78, 5) is 9.84. The summed E-state index contributed by atoms with van der Waals surface area (Å²) in [6, 6.07) is 10.8. The van der Waals surface area contributed by atoms with E-state index in [-0.39, 0.29) is 41.7 Å². The molecule has 202 valence electrons. The predicted molar refractivity (Wildman–Crippen MR) is 142 cm³/mol. The summed E-state index contributed by atoms with van der Waals surface area (Å²) in [6.45, 7) is 0.709. The molecular formula is C26H19F3N8OS2. The van der Waals surface area contributed by atoms with E-state index < -0.39 is 12.7 Å². The quantitative estimate of drug-likeness (QED) is 0.295. The lowest BCUT2D eigenvalue weighted by atomic mass is 10.1. The van der Waals surface area contributed by atoms with E-state index in [4.69, 9.17) is 4.74 Å². The Labute approximate surface area is 234 Å². The third kappa shape index (κ3) is 4.93.